The van der Waals surface area contributed by atoms with Gasteiger partial charge in [-0.1, -0.05) is 50.2 Å². The molecule has 0 saturated heterocycles. The molecular formula is C24H37IN4O2S. The minimum absolute atomic E-state index is 0. The lowest BCUT2D eigenvalue weighted by atomic mass is 10.1. The molecule has 0 radical (unpaired) electrons. The molecule has 0 heterocycles. The first-order valence-corrected chi connectivity index (χ1v) is 12.8. The van der Waals surface area contributed by atoms with E-state index in [9.17, 15) is 8.42 Å². The van der Waals surface area contributed by atoms with Crippen molar-refractivity contribution >= 4 is 39.8 Å². The maximum absolute atomic E-state index is 11.8. The lowest BCUT2D eigenvalue weighted by Gasteiger charge is -2.18. The molecule has 0 bridgehead atoms. The van der Waals surface area contributed by atoms with E-state index in [1.807, 2.05) is 26.0 Å². The summed E-state index contributed by atoms with van der Waals surface area (Å²) >= 11 is 0. The third-order valence-corrected chi connectivity index (χ3v) is 6.44. The van der Waals surface area contributed by atoms with Gasteiger partial charge in [0.1, 0.15) is 0 Å². The largest absolute Gasteiger partial charge is 0.357 e. The fourth-order valence-electron chi connectivity index (χ4n) is 3.39. The van der Waals surface area contributed by atoms with Crippen molar-refractivity contribution in [2.75, 3.05) is 25.9 Å². The Morgan fingerprint density at radius 3 is 2.06 bits per heavy atom. The van der Waals surface area contributed by atoms with Crippen molar-refractivity contribution in [3.63, 3.8) is 0 Å². The summed E-state index contributed by atoms with van der Waals surface area (Å²) in [5.74, 6) is 0.736. The number of hydrogen-bond donors (Lipinski definition) is 2. The maximum atomic E-state index is 11.8. The van der Waals surface area contributed by atoms with Gasteiger partial charge in [0.05, 0.1) is 11.4 Å². The molecule has 0 spiro atoms. The standard InChI is InChI=1S/C24H36N4O2S.HI/c1-6-25-24(27-17-22-13-14-23(19(4)15-22)31(5,29)30)26-16-20-9-11-21(12-10-20)18-28(7-2)8-3;/h9-15H,6-8,16-18H2,1-5H3,(H2,25,26,27);1H. The molecule has 0 unspecified atom stereocenters. The van der Waals surface area contributed by atoms with Crippen molar-refractivity contribution in [2.45, 2.75) is 52.2 Å². The molecule has 32 heavy (non-hydrogen) atoms. The number of rotatable bonds is 10. The second kappa shape index (κ2) is 13.8. The van der Waals surface area contributed by atoms with E-state index in [0.717, 1.165) is 43.3 Å². The highest BCUT2D eigenvalue weighted by Gasteiger charge is 2.10. The van der Waals surface area contributed by atoms with E-state index in [0.29, 0.717) is 18.0 Å². The smallest absolute Gasteiger partial charge is 0.191 e. The van der Waals surface area contributed by atoms with E-state index in [1.165, 1.54) is 17.4 Å². The van der Waals surface area contributed by atoms with Crippen LogP contribution in [0.1, 0.15) is 43.0 Å². The van der Waals surface area contributed by atoms with Gasteiger partial charge in [-0.2, -0.15) is 0 Å². The van der Waals surface area contributed by atoms with Crippen LogP contribution in [0.15, 0.2) is 52.4 Å². The molecule has 0 aliphatic rings. The van der Waals surface area contributed by atoms with Crippen molar-refractivity contribution < 1.29 is 8.42 Å². The number of halogens is 1. The van der Waals surface area contributed by atoms with Crippen molar-refractivity contribution in [3.8, 4) is 0 Å². The number of aliphatic imine (C=N–C) groups is 1. The van der Waals surface area contributed by atoms with Crippen molar-refractivity contribution in [1.82, 2.24) is 15.5 Å². The van der Waals surface area contributed by atoms with Gasteiger partial charge < -0.3 is 10.6 Å². The molecule has 0 fully saturated rings. The van der Waals surface area contributed by atoms with Crippen LogP contribution in [0.2, 0.25) is 0 Å². The number of hydrogen-bond acceptors (Lipinski definition) is 4. The molecule has 0 atom stereocenters. The number of guanidine groups is 1. The molecule has 0 saturated carbocycles. The highest BCUT2D eigenvalue weighted by molar-refractivity contribution is 14.0. The lowest BCUT2D eigenvalue weighted by Crippen LogP contribution is -2.36. The van der Waals surface area contributed by atoms with Gasteiger partial charge in [-0.15, -0.1) is 24.0 Å². The Labute approximate surface area is 210 Å². The zero-order valence-corrected chi connectivity index (χ0v) is 23.0. The SMILES string of the molecule is CCNC(=NCc1ccc(S(C)(=O)=O)c(C)c1)NCc1ccc(CN(CC)CC)cc1.I. The minimum Gasteiger partial charge on any atom is -0.357 e. The van der Waals surface area contributed by atoms with Crippen LogP contribution in [0.25, 0.3) is 0 Å². The first-order valence-electron chi connectivity index (χ1n) is 10.9. The molecule has 8 heteroatoms. The van der Waals surface area contributed by atoms with Gasteiger partial charge in [0.2, 0.25) is 0 Å². The van der Waals surface area contributed by atoms with Gasteiger partial charge in [0, 0.05) is 25.9 Å². The van der Waals surface area contributed by atoms with Gasteiger partial charge in [-0.3, -0.25) is 4.90 Å². The summed E-state index contributed by atoms with van der Waals surface area (Å²) in [4.78, 5) is 7.42. The Morgan fingerprint density at radius 2 is 1.53 bits per heavy atom. The summed E-state index contributed by atoms with van der Waals surface area (Å²) < 4.78 is 23.6. The molecule has 0 aliphatic carbocycles. The van der Waals surface area contributed by atoms with E-state index in [2.05, 4.69) is 58.6 Å². The van der Waals surface area contributed by atoms with E-state index in [1.54, 1.807) is 6.07 Å². The number of aryl methyl sites for hydroxylation is 1. The van der Waals surface area contributed by atoms with Crippen LogP contribution in [0.4, 0.5) is 0 Å². The fourth-order valence-corrected chi connectivity index (χ4v) is 4.35. The molecule has 2 aromatic rings. The number of sulfone groups is 1. The summed E-state index contributed by atoms with van der Waals surface area (Å²) in [6.45, 7) is 13.2. The summed E-state index contributed by atoms with van der Waals surface area (Å²) in [5.41, 5.74) is 4.24. The summed E-state index contributed by atoms with van der Waals surface area (Å²) in [6, 6.07) is 14.1. The van der Waals surface area contributed by atoms with Crippen molar-refractivity contribution in [1.29, 1.82) is 0 Å². The van der Waals surface area contributed by atoms with Crippen molar-refractivity contribution in [2.24, 2.45) is 4.99 Å². The zero-order valence-electron chi connectivity index (χ0n) is 19.8. The van der Waals surface area contributed by atoms with E-state index >= 15 is 0 Å². The zero-order chi connectivity index (χ0) is 22.9. The number of nitrogens with zero attached hydrogens (tertiary/aromatic N) is 2. The molecule has 6 nitrogen and oxygen atoms in total. The van der Waals surface area contributed by atoms with Crippen molar-refractivity contribution in [3.05, 3.63) is 64.7 Å². The Hall–Kier alpha value is -1.65. The quantitative estimate of drug-likeness (QED) is 0.255. The lowest BCUT2D eigenvalue weighted by molar-refractivity contribution is 0.296. The average molecular weight is 573 g/mol. The topological polar surface area (TPSA) is 73.8 Å². The second-order valence-electron chi connectivity index (χ2n) is 7.70. The molecule has 0 aliphatic heterocycles. The molecule has 2 aromatic carbocycles. The Bertz CT molecular complexity index is 972. The fraction of sp³-hybridized carbons (Fsp3) is 0.458. The Balaban J connectivity index is 0.00000512. The molecule has 0 amide bonds. The summed E-state index contributed by atoms with van der Waals surface area (Å²) in [6.07, 6.45) is 1.23. The third kappa shape index (κ3) is 9.07. The van der Waals surface area contributed by atoms with Crippen LogP contribution in [0.3, 0.4) is 0 Å². The molecule has 0 aromatic heterocycles. The predicted octanol–water partition coefficient (Wildman–Crippen LogP) is 4.11. The first kappa shape index (κ1) is 28.4. The second-order valence-corrected chi connectivity index (χ2v) is 9.68. The highest BCUT2D eigenvalue weighted by Crippen LogP contribution is 2.17. The highest BCUT2D eigenvalue weighted by atomic mass is 127. The average Bonchev–Trinajstić information content (AvgIpc) is 2.74. The van der Waals surface area contributed by atoms with Crippen LogP contribution in [0, 0.1) is 6.92 Å². The Kier molecular flexibility index (Phi) is 12.2. The van der Waals surface area contributed by atoms with Gasteiger partial charge in [0.15, 0.2) is 15.8 Å². The third-order valence-electron chi connectivity index (χ3n) is 5.19. The summed E-state index contributed by atoms with van der Waals surface area (Å²) in [7, 11) is -3.21. The minimum atomic E-state index is -3.21. The van der Waals surface area contributed by atoms with Gasteiger partial charge >= 0.3 is 0 Å². The van der Waals surface area contributed by atoms with Gasteiger partial charge in [-0.05, 0) is 55.3 Å². The van der Waals surface area contributed by atoms with E-state index in [4.69, 9.17) is 0 Å². The van der Waals surface area contributed by atoms with Crippen LogP contribution >= 0.6 is 24.0 Å². The molecule has 2 N–H and O–H groups in total. The number of nitrogens with one attached hydrogen (secondary N) is 2. The monoisotopic (exact) mass is 572 g/mol. The Morgan fingerprint density at radius 1 is 0.938 bits per heavy atom. The molecular weight excluding hydrogens is 535 g/mol. The normalized spacial score (nSPS) is 11.9. The van der Waals surface area contributed by atoms with E-state index < -0.39 is 9.84 Å². The predicted molar refractivity (Wildman–Crippen MR) is 144 cm³/mol. The van der Waals surface area contributed by atoms with Crippen LogP contribution in [0.5, 0.6) is 0 Å². The van der Waals surface area contributed by atoms with Gasteiger partial charge in [-0.25, -0.2) is 13.4 Å². The van der Waals surface area contributed by atoms with Crippen LogP contribution in [-0.2, 0) is 29.5 Å². The summed E-state index contributed by atoms with van der Waals surface area (Å²) in [5, 5.41) is 6.64. The molecule has 2 rings (SSSR count). The van der Waals surface area contributed by atoms with Crippen LogP contribution < -0.4 is 10.6 Å². The van der Waals surface area contributed by atoms with Gasteiger partial charge in [0.25, 0.3) is 0 Å². The first-order chi connectivity index (χ1) is 14.8. The van der Waals surface area contributed by atoms with E-state index in [-0.39, 0.29) is 24.0 Å². The number of benzene rings is 2. The molecule has 178 valence electrons. The maximum Gasteiger partial charge on any atom is 0.191 e. The van der Waals surface area contributed by atoms with Crippen LogP contribution in [-0.4, -0.2) is 45.2 Å².